The maximum atomic E-state index is 13.3. The van der Waals surface area contributed by atoms with E-state index in [0.29, 0.717) is 13.0 Å². The van der Waals surface area contributed by atoms with E-state index in [9.17, 15) is 14.0 Å². The molecule has 0 aliphatic heterocycles. The summed E-state index contributed by atoms with van der Waals surface area (Å²) < 4.78 is 18.5. The van der Waals surface area contributed by atoms with E-state index in [1.807, 2.05) is 0 Å². The molecule has 0 spiro atoms. The molecule has 0 aromatic heterocycles. The summed E-state index contributed by atoms with van der Waals surface area (Å²) in [5.74, 6) is -3.15. The monoisotopic (exact) mass is 198 g/mol. The van der Waals surface area contributed by atoms with E-state index in [1.54, 1.807) is 6.92 Å². The molecule has 1 saturated carbocycles. The Bertz CT molecular complexity index is 321. The molecule has 3 atom stereocenters. The van der Waals surface area contributed by atoms with Crippen molar-refractivity contribution >= 4 is 11.6 Å². The van der Waals surface area contributed by atoms with Gasteiger partial charge in [-0.25, -0.2) is 4.39 Å². The molecule has 2 bridgehead atoms. The van der Waals surface area contributed by atoms with Crippen LogP contribution in [0.25, 0.3) is 0 Å². The molecule has 3 aliphatic carbocycles. The molecule has 14 heavy (non-hydrogen) atoms. The molecule has 0 aromatic rings. The Morgan fingerprint density at radius 3 is 2.79 bits per heavy atom. The van der Waals surface area contributed by atoms with Gasteiger partial charge < -0.3 is 4.74 Å². The van der Waals surface area contributed by atoms with Crippen molar-refractivity contribution in [3.8, 4) is 0 Å². The SMILES string of the molecule is CCO[C@@H]1C[C@H]2C=C(F)[C@@H]1C(=O)C2=O. The van der Waals surface area contributed by atoms with Gasteiger partial charge in [0, 0.05) is 12.5 Å². The Morgan fingerprint density at radius 1 is 1.50 bits per heavy atom. The molecular formula is C10H11FO3. The first-order valence-corrected chi connectivity index (χ1v) is 4.72. The minimum Gasteiger partial charge on any atom is -0.377 e. The van der Waals surface area contributed by atoms with Crippen LogP contribution in [0.15, 0.2) is 11.9 Å². The zero-order valence-corrected chi connectivity index (χ0v) is 7.83. The van der Waals surface area contributed by atoms with Gasteiger partial charge in [0.05, 0.1) is 6.10 Å². The summed E-state index contributed by atoms with van der Waals surface area (Å²) in [5.41, 5.74) is 0. The van der Waals surface area contributed by atoms with E-state index in [2.05, 4.69) is 0 Å². The van der Waals surface area contributed by atoms with Crippen LogP contribution < -0.4 is 0 Å². The minimum absolute atomic E-state index is 0.433. The second-order valence-electron chi connectivity index (χ2n) is 3.59. The zero-order chi connectivity index (χ0) is 10.3. The standard InChI is InChI=1S/C10H11FO3/c1-2-14-7-4-5-3-6(11)8(7)10(13)9(5)12/h3,5,7-8H,2,4H2,1H3/t5-,7-,8+/m1/s1. The van der Waals surface area contributed by atoms with Crippen molar-refractivity contribution < 1.29 is 18.7 Å². The van der Waals surface area contributed by atoms with Crippen LogP contribution >= 0.6 is 0 Å². The first-order chi connectivity index (χ1) is 6.65. The number of carbonyl (C=O) groups excluding carboxylic acids is 2. The number of fused-ring (bicyclic) bond motifs is 2. The topological polar surface area (TPSA) is 43.4 Å². The predicted octanol–water partition coefficient (Wildman–Crippen LogP) is 1.03. The Balaban J connectivity index is 2.30. The Morgan fingerprint density at radius 2 is 2.21 bits per heavy atom. The van der Waals surface area contributed by atoms with Crippen molar-refractivity contribution in [3.63, 3.8) is 0 Å². The van der Waals surface area contributed by atoms with Crippen LogP contribution in [0.5, 0.6) is 0 Å². The molecular weight excluding hydrogens is 187 g/mol. The molecule has 4 heteroatoms. The summed E-state index contributed by atoms with van der Waals surface area (Å²) >= 11 is 0. The third-order valence-corrected chi connectivity index (χ3v) is 2.76. The average molecular weight is 198 g/mol. The number of allylic oxidation sites excluding steroid dienone is 1. The zero-order valence-electron chi connectivity index (χ0n) is 7.83. The number of rotatable bonds is 2. The molecule has 0 aromatic carbocycles. The van der Waals surface area contributed by atoms with Gasteiger partial charge in [-0.15, -0.1) is 0 Å². The molecule has 3 nitrogen and oxygen atoms in total. The van der Waals surface area contributed by atoms with Gasteiger partial charge in [-0.05, 0) is 19.4 Å². The maximum Gasteiger partial charge on any atom is 0.211 e. The van der Waals surface area contributed by atoms with Gasteiger partial charge in [-0.2, -0.15) is 0 Å². The molecule has 0 saturated heterocycles. The van der Waals surface area contributed by atoms with Gasteiger partial charge in [0.1, 0.15) is 11.7 Å². The number of hydrogen-bond acceptors (Lipinski definition) is 3. The maximum absolute atomic E-state index is 13.3. The molecule has 0 N–H and O–H groups in total. The van der Waals surface area contributed by atoms with E-state index < -0.39 is 35.3 Å². The van der Waals surface area contributed by atoms with E-state index >= 15 is 0 Å². The highest BCUT2D eigenvalue weighted by molar-refractivity contribution is 6.41. The number of Topliss-reactive ketones (excluding diaryl/α,β-unsaturated/α-hetero) is 2. The third-order valence-electron chi connectivity index (χ3n) is 2.76. The van der Waals surface area contributed by atoms with Crippen molar-refractivity contribution in [2.45, 2.75) is 19.4 Å². The first-order valence-electron chi connectivity index (χ1n) is 4.72. The number of halogens is 1. The van der Waals surface area contributed by atoms with Crippen LogP contribution in [0.2, 0.25) is 0 Å². The van der Waals surface area contributed by atoms with Crippen LogP contribution in [-0.2, 0) is 14.3 Å². The predicted molar refractivity (Wildman–Crippen MR) is 46.2 cm³/mol. The minimum atomic E-state index is -0.965. The second-order valence-corrected chi connectivity index (χ2v) is 3.59. The van der Waals surface area contributed by atoms with E-state index in [-0.39, 0.29) is 0 Å². The summed E-state index contributed by atoms with van der Waals surface area (Å²) in [6, 6.07) is 0. The molecule has 0 radical (unpaired) electrons. The van der Waals surface area contributed by atoms with E-state index in [4.69, 9.17) is 4.74 Å². The summed E-state index contributed by atoms with van der Waals surface area (Å²) in [6.07, 6.45) is 1.25. The van der Waals surface area contributed by atoms with Gasteiger partial charge in [0.25, 0.3) is 0 Å². The lowest BCUT2D eigenvalue weighted by atomic mass is 9.71. The van der Waals surface area contributed by atoms with Gasteiger partial charge in [0.2, 0.25) is 11.6 Å². The number of ether oxygens (including phenoxy) is 1. The fraction of sp³-hybridized carbons (Fsp3) is 0.600. The molecule has 0 unspecified atom stereocenters. The fourth-order valence-corrected chi connectivity index (χ4v) is 2.12. The Hall–Kier alpha value is -1.03. The molecule has 1 fully saturated rings. The highest BCUT2D eigenvalue weighted by Crippen LogP contribution is 2.38. The largest absolute Gasteiger partial charge is 0.377 e. The smallest absolute Gasteiger partial charge is 0.211 e. The molecule has 3 rings (SSSR count). The highest BCUT2D eigenvalue weighted by atomic mass is 19.1. The lowest BCUT2D eigenvalue weighted by molar-refractivity contribution is -0.149. The van der Waals surface area contributed by atoms with Crippen molar-refractivity contribution in [2.24, 2.45) is 11.8 Å². The molecule has 0 heterocycles. The van der Waals surface area contributed by atoms with Crippen LogP contribution in [-0.4, -0.2) is 24.3 Å². The Kier molecular flexibility index (Phi) is 2.23. The van der Waals surface area contributed by atoms with Gasteiger partial charge in [-0.3, -0.25) is 9.59 Å². The lowest BCUT2D eigenvalue weighted by Crippen LogP contribution is -2.48. The quantitative estimate of drug-likeness (QED) is 0.622. The van der Waals surface area contributed by atoms with E-state index in [1.165, 1.54) is 6.08 Å². The molecule has 0 amide bonds. The van der Waals surface area contributed by atoms with Crippen molar-refractivity contribution in [2.75, 3.05) is 6.61 Å². The van der Waals surface area contributed by atoms with Gasteiger partial charge in [-0.1, -0.05) is 0 Å². The molecule has 3 aliphatic rings. The summed E-state index contributed by atoms with van der Waals surface area (Å²) in [5, 5.41) is 0. The number of ketones is 2. The number of carbonyl (C=O) groups is 2. The third kappa shape index (κ3) is 1.21. The van der Waals surface area contributed by atoms with Crippen LogP contribution in [0, 0.1) is 11.8 Å². The highest BCUT2D eigenvalue weighted by Gasteiger charge is 2.49. The summed E-state index contributed by atoms with van der Waals surface area (Å²) in [4.78, 5) is 22.6. The van der Waals surface area contributed by atoms with Crippen molar-refractivity contribution in [1.82, 2.24) is 0 Å². The van der Waals surface area contributed by atoms with Crippen molar-refractivity contribution in [1.29, 1.82) is 0 Å². The van der Waals surface area contributed by atoms with Crippen LogP contribution in [0.1, 0.15) is 13.3 Å². The average Bonchev–Trinajstić information content (AvgIpc) is 2.13. The van der Waals surface area contributed by atoms with Crippen LogP contribution in [0.4, 0.5) is 4.39 Å². The molecule has 76 valence electrons. The van der Waals surface area contributed by atoms with Crippen molar-refractivity contribution in [3.05, 3.63) is 11.9 Å². The number of hydrogen-bond donors (Lipinski definition) is 0. The lowest BCUT2D eigenvalue weighted by Gasteiger charge is -2.36. The second kappa shape index (κ2) is 3.28. The summed E-state index contributed by atoms with van der Waals surface area (Å²) in [6.45, 7) is 2.22. The van der Waals surface area contributed by atoms with Gasteiger partial charge in [0.15, 0.2) is 0 Å². The van der Waals surface area contributed by atoms with E-state index in [0.717, 1.165) is 0 Å². The normalized spacial score (nSPS) is 36.1. The Labute approximate surface area is 80.9 Å². The fourth-order valence-electron chi connectivity index (χ4n) is 2.12. The van der Waals surface area contributed by atoms with Crippen LogP contribution in [0.3, 0.4) is 0 Å². The first kappa shape index (κ1) is 9.52. The van der Waals surface area contributed by atoms with Gasteiger partial charge >= 0.3 is 0 Å². The summed E-state index contributed by atoms with van der Waals surface area (Å²) in [7, 11) is 0.